The molecule has 0 radical (unpaired) electrons. The molecule has 2 nitrogen and oxygen atoms in total. The van der Waals surface area contributed by atoms with E-state index in [-0.39, 0.29) is 0 Å². The van der Waals surface area contributed by atoms with Gasteiger partial charge in [-0.15, -0.1) is 0 Å². The molecule has 2 rings (SSSR count). The van der Waals surface area contributed by atoms with Crippen LogP contribution in [-0.2, 0) is 6.54 Å². The standard InChI is InChI=1S/C15H23BrN2/c1-3-15(4-2)8-9-18(11-15)10-12-13(16)6-5-7-14(12)17/h5-7H,3-4,8-11,17H2,1-2H3. The molecule has 1 aliphatic heterocycles. The van der Waals surface area contributed by atoms with Gasteiger partial charge < -0.3 is 5.73 Å². The van der Waals surface area contributed by atoms with Crippen LogP contribution in [0.3, 0.4) is 0 Å². The maximum atomic E-state index is 6.08. The molecule has 1 fully saturated rings. The topological polar surface area (TPSA) is 29.3 Å². The molecule has 2 N–H and O–H groups in total. The summed E-state index contributed by atoms with van der Waals surface area (Å²) < 4.78 is 1.13. The van der Waals surface area contributed by atoms with Gasteiger partial charge in [-0.05, 0) is 43.4 Å². The molecule has 1 heterocycles. The summed E-state index contributed by atoms with van der Waals surface area (Å²) in [6, 6.07) is 6.06. The highest BCUT2D eigenvalue weighted by atomic mass is 79.9. The van der Waals surface area contributed by atoms with Crippen LogP contribution in [0.1, 0.15) is 38.7 Å². The Balaban J connectivity index is 2.08. The van der Waals surface area contributed by atoms with Gasteiger partial charge >= 0.3 is 0 Å². The number of nitrogens with zero attached hydrogens (tertiary/aromatic N) is 1. The van der Waals surface area contributed by atoms with Gasteiger partial charge in [0.1, 0.15) is 0 Å². The Morgan fingerprint density at radius 3 is 2.61 bits per heavy atom. The van der Waals surface area contributed by atoms with Crippen molar-refractivity contribution >= 4 is 21.6 Å². The first-order valence-electron chi connectivity index (χ1n) is 6.85. The van der Waals surface area contributed by atoms with Crippen molar-refractivity contribution in [3.63, 3.8) is 0 Å². The largest absolute Gasteiger partial charge is 0.398 e. The van der Waals surface area contributed by atoms with Crippen molar-refractivity contribution in [2.45, 2.75) is 39.7 Å². The van der Waals surface area contributed by atoms with E-state index in [2.05, 4.69) is 40.7 Å². The van der Waals surface area contributed by atoms with Gasteiger partial charge in [0, 0.05) is 28.8 Å². The van der Waals surface area contributed by atoms with Gasteiger partial charge in [0.05, 0.1) is 0 Å². The average molecular weight is 311 g/mol. The molecule has 0 bridgehead atoms. The van der Waals surface area contributed by atoms with E-state index in [1.54, 1.807) is 0 Å². The van der Waals surface area contributed by atoms with Crippen molar-refractivity contribution in [2.24, 2.45) is 5.41 Å². The summed E-state index contributed by atoms with van der Waals surface area (Å²) >= 11 is 3.61. The van der Waals surface area contributed by atoms with E-state index in [1.807, 2.05) is 12.1 Å². The van der Waals surface area contributed by atoms with Crippen LogP contribution in [0.15, 0.2) is 22.7 Å². The van der Waals surface area contributed by atoms with Crippen molar-refractivity contribution in [1.29, 1.82) is 0 Å². The summed E-state index contributed by atoms with van der Waals surface area (Å²) in [6.45, 7) is 8.01. The zero-order valence-corrected chi connectivity index (χ0v) is 13.0. The van der Waals surface area contributed by atoms with Gasteiger partial charge in [-0.3, -0.25) is 4.90 Å². The molecule has 1 aliphatic rings. The van der Waals surface area contributed by atoms with Gasteiger partial charge in [-0.2, -0.15) is 0 Å². The minimum absolute atomic E-state index is 0.538. The first kappa shape index (κ1) is 13.9. The molecular weight excluding hydrogens is 288 g/mol. The minimum Gasteiger partial charge on any atom is -0.398 e. The van der Waals surface area contributed by atoms with E-state index in [1.165, 1.54) is 37.9 Å². The van der Waals surface area contributed by atoms with Crippen LogP contribution in [-0.4, -0.2) is 18.0 Å². The summed E-state index contributed by atoms with van der Waals surface area (Å²) in [6.07, 6.45) is 3.89. The third kappa shape index (κ3) is 2.72. The van der Waals surface area contributed by atoms with Crippen molar-refractivity contribution in [3.8, 4) is 0 Å². The van der Waals surface area contributed by atoms with Crippen molar-refractivity contribution in [1.82, 2.24) is 4.90 Å². The number of benzene rings is 1. The highest BCUT2D eigenvalue weighted by molar-refractivity contribution is 9.10. The van der Waals surface area contributed by atoms with Crippen LogP contribution in [0.4, 0.5) is 5.69 Å². The lowest BCUT2D eigenvalue weighted by atomic mass is 9.82. The number of nitrogen functional groups attached to an aromatic ring is 1. The second kappa shape index (κ2) is 5.62. The van der Waals surface area contributed by atoms with Crippen LogP contribution in [0.5, 0.6) is 0 Å². The van der Waals surface area contributed by atoms with E-state index in [0.29, 0.717) is 5.41 Å². The second-order valence-electron chi connectivity index (χ2n) is 5.48. The highest BCUT2D eigenvalue weighted by Crippen LogP contribution is 2.38. The fraction of sp³-hybridized carbons (Fsp3) is 0.600. The molecule has 0 spiro atoms. The maximum Gasteiger partial charge on any atom is 0.0371 e. The Bertz CT molecular complexity index is 393. The van der Waals surface area contributed by atoms with Crippen LogP contribution < -0.4 is 5.73 Å². The summed E-state index contributed by atoms with van der Waals surface area (Å²) in [5, 5.41) is 0. The average Bonchev–Trinajstić information content (AvgIpc) is 2.78. The van der Waals surface area contributed by atoms with Gasteiger partial charge in [0.15, 0.2) is 0 Å². The zero-order chi connectivity index (χ0) is 13.2. The fourth-order valence-corrected chi connectivity index (χ4v) is 3.46. The number of hydrogen-bond acceptors (Lipinski definition) is 2. The van der Waals surface area contributed by atoms with Crippen LogP contribution >= 0.6 is 15.9 Å². The Morgan fingerprint density at radius 1 is 1.33 bits per heavy atom. The Hall–Kier alpha value is -0.540. The SMILES string of the molecule is CCC1(CC)CCN(Cc2c(N)cccc2Br)C1. The molecule has 0 unspecified atom stereocenters. The lowest BCUT2D eigenvalue weighted by molar-refractivity contribution is 0.236. The summed E-state index contributed by atoms with van der Waals surface area (Å²) in [5.41, 5.74) is 8.75. The summed E-state index contributed by atoms with van der Waals surface area (Å²) in [4.78, 5) is 2.55. The molecule has 0 aliphatic carbocycles. The van der Waals surface area contributed by atoms with Gasteiger partial charge in [-0.25, -0.2) is 0 Å². The normalized spacial score (nSPS) is 19.3. The summed E-state index contributed by atoms with van der Waals surface area (Å²) in [7, 11) is 0. The zero-order valence-electron chi connectivity index (χ0n) is 11.4. The number of rotatable bonds is 4. The van der Waals surface area contributed by atoms with Crippen molar-refractivity contribution in [2.75, 3.05) is 18.8 Å². The van der Waals surface area contributed by atoms with Crippen LogP contribution in [0.2, 0.25) is 0 Å². The lowest BCUT2D eigenvalue weighted by Crippen LogP contribution is -2.26. The monoisotopic (exact) mass is 310 g/mol. The molecule has 3 heteroatoms. The minimum atomic E-state index is 0.538. The number of likely N-dealkylation sites (tertiary alicyclic amines) is 1. The van der Waals surface area contributed by atoms with Gasteiger partial charge in [0.25, 0.3) is 0 Å². The fourth-order valence-electron chi connectivity index (χ4n) is 2.96. The van der Waals surface area contributed by atoms with E-state index in [9.17, 15) is 0 Å². The van der Waals surface area contributed by atoms with Crippen molar-refractivity contribution < 1.29 is 0 Å². The molecular formula is C15H23BrN2. The molecule has 1 saturated heterocycles. The van der Waals surface area contributed by atoms with Gasteiger partial charge in [-0.1, -0.05) is 35.8 Å². The second-order valence-corrected chi connectivity index (χ2v) is 6.33. The molecule has 1 aromatic rings. The Morgan fingerprint density at radius 2 is 2.06 bits per heavy atom. The van der Waals surface area contributed by atoms with Crippen molar-refractivity contribution in [3.05, 3.63) is 28.2 Å². The first-order valence-corrected chi connectivity index (χ1v) is 7.65. The predicted octanol–water partition coefficient (Wildman–Crippen LogP) is 4.04. The predicted molar refractivity (Wildman–Crippen MR) is 81.5 cm³/mol. The maximum absolute atomic E-state index is 6.08. The number of halogens is 1. The van der Waals surface area contributed by atoms with Gasteiger partial charge in [0.2, 0.25) is 0 Å². The summed E-state index contributed by atoms with van der Waals surface area (Å²) in [5.74, 6) is 0. The molecule has 0 aromatic heterocycles. The van der Waals surface area contributed by atoms with E-state index in [4.69, 9.17) is 5.73 Å². The highest BCUT2D eigenvalue weighted by Gasteiger charge is 2.34. The van der Waals surface area contributed by atoms with Crippen LogP contribution in [0, 0.1) is 5.41 Å². The molecule has 1 aromatic carbocycles. The van der Waals surface area contributed by atoms with E-state index >= 15 is 0 Å². The number of anilines is 1. The molecule has 0 amide bonds. The molecule has 100 valence electrons. The van der Waals surface area contributed by atoms with E-state index < -0.39 is 0 Å². The smallest absolute Gasteiger partial charge is 0.0371 e. The molecule has 0 atom stereocenters. The Kier molecular flexibility index (Phi) is 4.33. The van der Waals surface area contributed by atoms with Crippen LogP contribution in [0.25, 0.3) is 0 Å². The quantitative estimate of drug-likeness (QED) is 0.850. The number of hydrogen-bond donors (Lipinski definition) is 1. The Labute approximate surface area is 119 Å². The molecule has 0 saturated carbocycles. The lowest BCUT2D eigenvalue weighted by Gasteiger charge is -2.26. The third-order valence-corrected chi connectivity index (χ3v) is 5.30. The number of nitrogens with two attached hydrogens (primary N) is 1. The molecule has 18 heavy (non-hydrogen) atoms. The van der Waals surface area contributed by atoms with E-state index in [0.717, 1.165) is 16.7 Å². The first-order chi connectivity index (χ1) is 8.60. The third-order valence-electron chi connectivity index (χ3n) is 4.55.